The molecule has 1 fully saturated rings. The molecule has 3 N–H and O–H groups in total. The molecule has 0 saturated heterocycles. The van der Waals surface area contributed by atoms with Gasteiger partial charge in [0.15, 0.2) is 0 Å². The third-order valence-corrected chi connectivity index (χ3v) is 5.07. The molecular formula is C19H23FN6. The maximum atomic E-state index is 13.6. The SMILES string of the molecule is CCN1C=Cc2cc(-c3cnc(N)nc3)nc(N[C@@H]3CCC(F)C3)c2C1. The number of nitrogens with two attached hydrogens (primary N) is 1. The van der Waals surface area contributed by atoms with Crippen molar-refractivity contribution in [2.24, 2.45) is 0 Å². The van der Waals surface area contributed by atoms with Gasteiger partial charge in [0.05, 0.1) is 5.69 Å². The number of nitrogens with one attached hydrogen (secondary N) is 1. The third-order valence-electron chi connectivity index (χ3n) is 5.07. The first-order valence-corrected chi connectivity index (χ1v) is 9.07. The minimum atomic E-state index is -0.718. The third kappa shape index (κ3) is 3.34. The van der Waals surface area contributed by atoms with Gasteiger partial charge in [-0.15, -0.1) is 0 Å². The summed E-state index contributed by atoms with van der Waals surface area (Å²) >= 11 is 0. The average molecular weight is 354 g/mol. The molecule has 1 saturated carbocycles. The van der Waals surface area contributed by atoms with E-state index in [1.54, 1.807) is 12.4 Å². The fraction of sp³-hybridized carbons (Fsp3) is 0.421. The van der Waals surface area contributed by atoms with Crippen molar-refractivity contribution >= 4 is 17.8 Å². The lowest BCUT2D eigenvalue weighted by atomic mass is 10.0. The van der Waals surface area contributed by atoms with Crippen molar-refractivity contribution in [2.45, 2.75) is 44.9 Å². The molecule has 0 amide bonds. The standard InChI is InChI=1S/C19H23FN6/c1-2-26-6-5-12-7-17(13-9-22-19(21)23-10-13)25-18(16(12)11-26)24-15-4-3-14(20)8-15/h5-7,9-10,14-15H,2-4,8,11H2,1H3,(H,24,25)(H2,21,22,23)/t14?,15-/m1/s1. The van der Waals surface area contributed by atoms with Crippen LogP contribution in [0.15, 0.2) is 24.7 Å². The number of pyridine rings is 1. The fourth-order valence-corrected chi connectivity index (χ4v) is 3.55. The molecule has 0 spiro atoms. The normalized spacial score (nSPS) is 21.7. The van der Waals surface area contributed by atoms with Crippen LogP contribution < -0.4 is 11.1 Å². The first kappa shape index (κ1) is 16.8. The minimum absolute atomic E-state index is 0.125. The van der Waals surface area contributed by atoms with Crippen molar-refractivity contribution in [1.82, 2.24) is 19.9 Å². The number of alkyl halides is 1. The molecule has 0 aromatic carbocycles. The summed E-state index contributed by atoms with van der Waals surface area (Å²) < 4.78 is 13.6. The molecule has 4 rings (SSSR count). The predicted molar refractivity (Wildman–Crippen MR) is 101 cm³/mol. The van der Waals surface area contributed by atoms with Crippen LogP contribution in [-0.4, -0.2) is 38.6 Å². The van der Waals surface area contributed by atoms with Crippen LogP contribution in [-0.2, 0) is 6.54 Å². The lowest BCUT2D eigenvalue weighted by Gasteiger charge is -2.27. The van der Waals surface area contributed by atoms with Gasteiger partial charge in [0, 0.05) is 42.7 Å². The molecule has 1 aliphatic carbocycles. The van der Waals surface area contributed by atoms with Crippen molar-refractivity contribution in [3.8, 4) is 11.3 Å². The maximum absolute atomic E-state index is 13.6. The van der Waals surface area contributed by atoms with E-state index < -0.39 is 6.17 Å². The number of nitrogens with zero attached hydrogens (tertiary/aromatic N) is 4. The zero-order valence-electron chi connectivity index (χ0n) is 14.8. The van der Waals surface area contributed by atoms with Gasteiger partial charge in [0.2, 0.25) is 5.95 Å². The molecule has 0 bridgehead atoms. The smallest absolute Gasteiger partial charge is 0.219 e. The summed E-state index contributed by atoms with van der Waals surface area (Å²) in [6, 6.07) is 2.17. The first-order valence-electron chi connectivity index (χ1n) is 9.07. The molecule has 7 heteroatoms. The van der Waals surface area contributed by atoms with E-state index in [0.717, 1.165) is 47.7 Å². The van der Waals surface area contributed by atoms with E-state index >= 15 is 0 Å². The van der Waals surface area contributed by atoms with E-state index in [0.29, 0.717) is 12.8 Å². The fourth-order valence-electron chi connectivity index (χ4n) is 3.55. The van der Waals surface area contributed by atoms with E-state index in [2.05, 4.69) is 39.4 Å². The number of halogens is 1. The van der Waals surface area contributed by atoms with Gasteiger partial charge in [-0.3, -0.25) is 0 Å². The van der Waals surface area contributed by atoms with Crippen molar-refractivity contribution in [2.75, 3.05) is 17.6 Å². The Morgan fingerprint density at radius 2 is 2.12 bits per heavy atom. The monoisotopic (exact) mass is 354 g/mol. The summed E-state index contributed by atoms with van der Waals surface area (Å²) in [6.45, 7) is 3.85. The molecule has 26 heavy (non-hydrogen) atoms. The molecule has 2 aliphatic rings. The van der Waals surface area contributed by atoms with Crippen LogP contribution in [0.2, 0.25) is 0 Å². The van der Waals surface area contributed by atoms with Crippen LogP contribution in [0.3, 0.4) is 0 Å². The summed E-state index contributed by atoms with van der Waals surface area (Å²) in [5.74, 6) is 1.07. The van der Waals surface area contributed by atoms with Crippen molar-refractivity contribution in [3.05, 3.63) is 35.8 Å². The van der Waals surface area contributed by atoms with Gasteiger partial charge in [-0.1, -0.05) is 0 Å². The van der Waals surface area contributed by atoms with E-state index in [9.17, 15) is 4.39 Å². The van der Waals surface area contributed by atoms with Gasteiger partial charge >= 0.3 is 0 Å². The second kappa shape index (κ2) is 6.90. The molecule has 3 heterocycles. The van der Waals surface area contributed by atoms with Gasteiger partial charge in [-0.05, 0) is 50.1 Å². The van der Waals surface area contributed by atoms with E-state index in [4.69, 9.17) is 10.7 Å². The minimum Gasteiger partial charge on any atom is -0.373 e. The quantitative estimate of drug-likeness (QED) is 0.877. The predicted octanol–water partition coefficient (Wildman–Crippen LogP) is 3.23. The number of hydrogen-bond acceptors (Lipinski definition) is 6. The van der Waals surface area contributed by atoms with Crippen molar-refractivity contribution in [1.29, 1.82) is 0 Å². The molecular weight excluding hydrogens is 331 g/mol. The van der Waals surface area contributed by atoms with Gasteiger partial charge < -0.3 is 16.0 Å². The average Bonchev–Trinajstić information content (AvgIpc) is 3.06. The lowest BCUT2D eigenvalue weighted by Crippen LogP contribution is -2.24. The number of nitrogen functional groups attached to an aromatic ring is 1. The van der Waals surface area contributed by atoms with Crippen LogP contribution in [0.25, 0.3) is 17.3 Å². The highest BCUT2D eigenvalue weighted by Gasteiger charge is 2.26. The molecule has 136 valence electrons. The van der Waals surface area contributed by atoms with Crippen LogP contribution in [0, 0.1) is 0 Å². The Morgan fingerprint density at radius 3 is 2.81 bits per heavy atom. The molecule has 1 unspecified atom stereocenters. The highest BCUT2D eigenvalue weighted by Crippen LogP contribution is 2.32. The van der Waals surface area contributed by atoms with E-state index in [-0.39, 0.29) is 12.0 Å². The molecule has 6 nitrogen and oxygen atoms in total. The summed E-state index contributed by atoms with van der Waals surface area (Å²) in [5, 5.41) is 3.49. The summed E-state index contributed by atoms with van der Waals surface area (Å²) in [5.41, 5.74) is 9.46. The number of aromatic nitrogens is 3. The van der Waals surface area contributed by atoms with Crippen LogP contribution in [0.1, 0.15) is 37.3 Å². The van der Waals surface area contributed by atoms with Gasteiger partial charge in [-0.25, -0.2) is 19.3 Å². The largest absolute Gasteiger partial charge is 0.373 e. The number of rotatable bonds is 4. The molecule has 2 aromatic heterocycles. The van der Waals surface area contributed by atoms with Crippen LogP contribution in [0.5, 0.6) is 0 Å². The lowest BCUT2D eigenvalue weighted by molar-refractivity contribution is 0.340. The Kier molecular flexibility index (Phi) is 4.44. The Labute approximate surface area is 152 Å². The van der Waals surface area contributed by atoms with Crippen LogP contribution >= 0.6 is 0 Å². The molecule has 2 atom stereocenters. The topological polar surface area (TPSA) is 80.0 Å². The summed E-state index contributed by atoms with van der Waals surface area (Å²) in [6.07, 6.45) is 8.83. The van der Waals surface area contributed by atoms with Gasteiger partial charge in [0.1, 0.15) is 12.0 Å². The maximum Gasteiger partial charge on any atom is 0.219 e. The second-order valence-electron chi connectivity index (χ2n) is 6.88. The highest BCUT2D eigenvalue weighted by atomic mass is 19.1. The Bertz CT molecular complexity index is 820. The summed E-state index contributed by atoms with van der Waals surface area (Å²) in [4.78, 5) is 15.2. The van der Waals surface area contributed by atoms with Gasteiger partial charge in [-0.2, -0.15) is 0 Å². The van der Waals surface area contributed by atoms with Gasteiger partial charge in [0.25, 0.3) is 0 Å². The molecule has 0 radical (unpaired) electrons. The number of fused-ring (bicyclic) bond motifs is 1. The Balaban J connectivity index is 1.73. The number of anilines is 2. The zero-order chi connectivity index (χ0) is 18.1. The van der Waals surface area contributed by atoms with Crippen molar-refractivity contribution in [3.63, 3.8) is 0 Å². The summed E-state index contributed by atoms with van der Waals surface area (Å²) in [7, 11) is 0. The van der Waals surface area contributed by atoms with E-state index in [1.165, 1.54) is 0 Å². The van der Waals surface area contributed by atoms with Crippen LogP contribution in [0.4, 0.5) is 16.2 Å². The van der Waals surface area contributed by atoms with Crippen molar-refractivity contribution < 1.29 is 4.39 Å². The second-order valence-corrected chi connectivity index (χ2v) is 6.88. The molecule has 2 aromatic rings. The first-order chi connectivity index (χ1) is 12.6. The Morgan fingerprint density at radius 1 is 1.31 bits per heavy atom. The highest BCUT2D eigenvalue weighted by molar-refractivity contribution is 5.71. The van der Waals surface area contributed by atoms with E-state index in [1.807, 2.05) is 6.07 Å². The Hall–Kier alpha value is -2.70. The number of hydrogen-bond donors (Lipinski definition) is 2. The molecule has 1 aliphatic heterocycles. The zero-order valence-corrected chi connectivity index (χ0v) is 14.8.